The summed E-state index contributed by atoms with van der Waals surface area (Å²) in [7, 11) is 0. The van der Waals surface area contributed by atoms with E-state index in [-0.39, 0.29) is 23.3 Å². The Labute approximate surface area is 154 Å². The van der Waals surface area contributed by atoms with Crippen LogP contribution >= 0.6 is 0 Å². The van der Waals surface area contributed by atoms with Crippen LogP contribution in [0.3, 0.4) is 0 Å². The van der Waals surface area contributed by atoms with Crippen LogP contribution < -0.4 is 11.1 Å². The molecule has 0 bridgehead atoms. The molecule has 0 aromatic heterocycles. The Kier molecular flexibility index (Phi) is 12.9. The third kappa shape index (κ3) is 13.6. The van der Waals surface area contributed by atoms with E-state index in [1.165, 1.54) is 0 Å². The highest BCUT2D eigenvalue weighted by atomic mass is 16.5. The molecule has 152 valence electrons. The van der Waals surface area contributed by atoms with Gasteiger partial charge in [-0.25, -0.2) is 0 Å². The average Bonchev–Trinajstić information content (AvgIpc) is 2.52. The molecule has 0 aromatic rings. The first kappa shape index (κ1) is 24.8. The number of hydrogen-bond donors (Lipinski definition) is 3. The van der Waals surface area contributed by atoms with Crippen molar-refractivity contribution >= 4 is 0 Å². The molecule has 25 heavy (non-hydrogen) atoms. The van der Waals surface area contributed by atoms with E-state index in [0.717, 1.165) is 19.4 Å². The van der Waals surface area contributed by atoms with Crippen molar-refractivity contribution in [3.8, 4) is 0 Å². The van der Waals surface area contributed by atoms with Crippen LogP contribution in [0.25, 0.3) is 0 Å². The average molecular weight is 363 g/mol. The monoisotopic (exact) mass is 362 g/mol. The molecule has 6 nitrogen and oxygen atoms in total. The lowest BCUT2D eigenvalue weighted by molar-refractivity contribution is -0.0795. The summed E-state index contributed by atoms with van der Waals surface area (Å²) in [6.07, 6.45) is 1.91. The van der Waals surface area contributed by atoms with Gasteiger partial charge in [0.05, 0.1) is 30.5 Å². The zero-order chi connectivity index (χ0) is 19.3. The molecule has 0 rings (SSSR count). The number of likely N-dealkylation sites (N-methyl/N-ethyl adjacent to an activating group) is 1. The molecule has 0 spiro atoms. The molecule has 2 unspecified atom stereocenters. The van der Waals surface area contributed by atoms with E-state index in [9.17, 15) is 5.11 Å². The van der Waals surface area contributed by atoms with Gasteiger partial charge in [0, 0.05) is 25.8 Å². The minimum Gasteiger partial charge on any atom is -0.391 e. The van der Waals surface area contributed by atoms with Crippen molar-refractivity contribution in [1.29, 1.82) is 0 Å². The van der Waals surface area contributed by atoms with Crippen LogP contribution in [-0.4, -0.2) is 68.0 Å². The lowest BCUT2D eigenvalue weighted by Gasteiger charge is -2.29. The van der Waals surface area contributed by atoms with Gasteiger partial charge in [-0.05, 0) is 60.4 Å². The predicted molar refractivity (Wildman–Crippen MR) is 103 cm³/mol. The second kappa shape index (κ2) is 13.0. The minimum atomic E-state index is -0.375. The number of hydrogen-bond acceptors (Lipinski definition) is 6. The Morgan fingerprint density at radius 3 is 2.08 bits per heavy atom. The van der Waals surface area contributed by atoms with Crippen LogP contribution in [0.5, 0.6) is 0 Å². The molecule has 6 heteroatoms. The van der Waals surface area contributed by atoms with Gasteiger partial charge in [-0.3, -0.25) is 0 Å². The maximum absolute atomic E-state index is 9.98. The van der Waals surface area contributed by atoms with Crippen molar-refractivity contribution in [1.82, 2.24) is 5.32 Å². The molecule has 0 saturated carbocycles. The van der Waals surface area contributed by atoms with Crippen LogP contribution in [0.15, 0.2) is 0 Å². The highest BCUT2D eigenvalue weighted by Crippen LogP contribution is 2.19. The van der Waals surface area contributed by atoms with Gasteiger partial charge >= 0.3 is 0 Å². The third-order valence-electron chi connectivity index (χ3n) is 4.32. The zero-order valence-corrected chi connectivity index (χ0v) is 17.3. The Bertz CT molecular complexity index is 325. The first-order valence-corrected chi connectivity index (χ1v) is 9.60. The Hall–Kier alpha value is -0.240. The summed E-state index contributed by atoms with van der Waals surface area (Å²) in [6, 6.07) is 0.0956. The number of ether oxygens (including phenoxy) is 3. The van der Waals surface area contributed by atoms with Crippen molar-refractivity contribution in [2.24, 2.45) is 5.73 Å². The Morgan fingerprint density at radius 2 is 1.52 bits per heavy atom. The van der Waals surface area contributed by atoms with Gasteiger partial charge in [-0.1, -0.05) is 6.92 Å². The van der Waals surface area contributed by atoms with Gasteiger partial charge in [0.2, 0.25) is 0 Å². The summed E-state index contributed by atoms with van der Waals surface area (Å²) in [6.45, 7) is 16.1. The predicted octanol–water partition coefficient (Wildman–Crippen LogP) is 2.08. The molecule has 0 aliphatic rings. The fraction of sp³-hybridized carbons (Fsp3) is 1.00. The van der Waals surface area contributed by atoms with Crippen LogP contribution in [-0.2, 0) is 14.2 Å². The summed E-state index contributed by atoms with van der Waals surface area (Å²) in [5.41, 5.74) is 5.02. The fourth-order valence-corrected chi connectivity index (χ4v) is 2.38. The molecular formula is C19H42N2O4. The van der Waals surface area contributed by atoms with Gasteiger partial charge in [0.25, 0.3) is 0 Å². The fourth-order valence-electron chi connectivity index (χ4n) is 2.38. The van der Waals surface area contributed by atoms with Crippen molar-refractivity contribution in [2.75, 3.05) is 39.5 Å². The number of aliphatic hydroxyl groups excluding tert-OH is 1. The molecule has 0 aliphatic carbocycles. The summed E-state index contributed by atoms with van der Waals surface area (Å²) in [5.74, 6) is 0. The standard InChI is InChI=1S/C19H42N2O4/c1-7-21-16(2)17(22)8-12-23-13-9-18(3,4)24-14-10-19(5,6)25-15-11-20/h16-17,21-22H,7-15,20H2,1-6H3. The number of rotatable bonds is 16. The first-order valence-electron chi connectivity index (χ1n) is 9.60. The van der Waals surface area contributed by atoms with Crippen LogP contribution in [0.1, 0.15) is 60.8 Å². The lowest BCUT2D eigenvalue weighted by Crippen LogP contribution is -2.37. The van der Waals surface area contributed by atoms with E-state index in [1.54, 1.807) is 0 Å². The number of nitrogens with two attached hydrogens (primary N) is 1. The van der Waals surface area contributed by atoms with Gasteiger partial charge in [0.15, 0.2) is 0 Å². The van der Waals surface area contributed by atoms with Gasteiger partial charge in [-0.15, -0.1) is 0 Å². The van der Waals surface area contributed by atoms with Crippen LogP contribution in [0.4, 0.5) is 0 Å². The second-order valence-corrected chi connectivity index (χ2v) is 7.82. The van der Waals surface area contributed by atoms with Gasteiger partial charge in [0.1, 0.15) is 0 Å². The molecular weight excluding hydrogens is 320 g/mol. The summed E-state index contributed by atoms with van der Waals surface area (Å²) in [4.78, 5) is 0. The topological polar surface area (TPSA) is 86.0 Å². The second-order valence-electron chi connectivity index (χ2n) is 7.82. The number of nitrogens with one attached hydrogen (secondary N) is 1. The van der Waals surface area contributed by atoms with E-state index >= 15 is 0 Å². The SMILES string of the molecule is CCNC(C)C(O)CCOCCC(C)(C)OCCC(C)(C)OCCN. The van der Waals surface area contributed by atoms with Crippen molar-refractivity contribution in [3.05, 3.63) is 0 Å². The Balaban J connectivity index is 3.83. The molecule has 0 aliphatic heterocycles. The van der Waals surface area contributed by atoms with E-state index in [0.29, 0.717) is 39.4 Å². The van der Waals surface area contributed by atoms with E-state index in [1.807, 2.05) is 13.8 Å². The molecule has 4 N–H and O–H groups in total. The molecule has 0 amide bonds. The minimum absolute atomic E-state index is 0.0956. The molecule has 0 fully saturated rings. The third-order valence-corrected chi connectivity index (χ3v) is 4.32. The van der Waals surface area contributed by atoms with Crippen LogP contribution in [0, 0.1) is 0 Å². The normalized spacial score (nSPS) is 15.4. The van der Waals surface area contributed by atoms with E-state index in [4.69, 9.17) is 19.9 Å². The summed E-state index contributed by atoms with van der Waals surface area (Å²) >= 11 is 0. The van der Waals surface area contributed by atoms with E-state index < -0.39 is 0 Å². The lowest BCUT2D eigenvalue weighted by atomic mass is 10.0. The highest BCUT2D eigenvalue weighted by Gasteiger charge is 2.22. The quantitative estimate of drug-likeness (QED) is 0.365. The van der Waals surface area contributed by atoms with E-state index in [2.05, 4.69) is 33.0 Å². The van der Waals surface area contributed by atoms with Crippen molar-refractivity contribution < 1.29 is 19.3 Å². The maximum atomic E-state index is 9.98. The molecule has 0 aromatic carbocycles. The number of aliphatic hydroxyl groups is 1. The zero-order valence-electron chi connectivity index (χ0n) is 17.3. The molecule has 0 heterocycles. The summed E-state index contributed by atoms with van der Waals surface area (Å²) < 4.78 is 17.4. The first-order chi connectivity index (χ1) is 11.6. The molecule has 2 atom stereocenters. The highest BCUT2D eigenvalue weighted by molar-refractivity contribution is 4.73. The largest absolute Gasteiger partial charge is 0.391 e. The molecule has 0 saturated heterocycles. The van der Waals surface area contributed by atoms with Gasteiger partial charge < -0.3 is 30.4 Å². The summed E-state index contributed by atoms with van der Waals surface area (Å²) in [5, 5.41) is 13.2. The smallest absolute Gasteiger partial charge is 0.0712 e. The molecule has 0 radical (unpaired) electrons. The van der Waals surface area contributed by atoms with Crippen molar-refractivity contribution in [2.45, 2.75) is 84.2 Å². The van der Waals surface area contributed by atoms with Crippen LogP contribution in [0.2, 0.25) is 0 Å². The maximum Gasteiger partial charge on any atom is 0.0712 e. The Morgan fingerprint density at radius 1 is 0.960 bits per heavy atom. The van der Waals surface area contributed by atoms with Crippen molar-refractivity contribution in [3.63, 3.8) is 0 Å². The van der Waals surface area contributed by atoms with Gasteiger partial charge in [-0.2, -0.15) is 0 Å².